The molecule has 0 radical (unpaired) electrons. The molecule has 2 heterocycles. The van der Waals surface area contributed by atoms with Crippen molar-refractivity contribution in [3.05, 3.63) is 53.3 Å². The Morgan fingerprint density at radius 1 is 1.09 bits per heavy atom. The summed E-state index contributed by atoms with van der Waals surface area (Å²) in [6.45, 7) is 0.117. The van der Waals surface area contributed by atoms with Crippen LogP contribution in [-0.2, 0) is 18.9 Å². The van der Waals surface area contributed by atoms with Gasteiger partial charge in [-0.1, -0.05) is 0 Å². The van der Waals surface area contributed by atoms with Crippen molar-refractivity contribution in [3.63, 3.8) is 0 Å². The number of Topliss-reactive ketones (excluding diaryl/α,β-unsaturated/α-hetero) is 1. The van der Waals surface area contributed by atoms with Crippen molar-refractivity contribution in [1.29, 1.82) is 0 Å². The molecule has 0 bridgehead atoms. The summed E-state index contributed by atoms with van der Waals surface area (Å²) < 4.78 is 22.4. The zero-order chi connectivity index (χ0) is 23.8. The quantitative estimate of drug-likeness (QED) is 0.363. The number of esters is 1. The van der Waals surface area contributed by atoms with Crippen LogP contribution in [0.25, 0.3) is 0 Å². The van der Waals surface area contributed by atoms with Crippen molar-refractivity contribution in [2.75, 3.05) is 35.0 Å². The number of hydrogen-bond acceptors (Lipinski definition) is 7. The van der Waals surface area contributed by atoms with Crippen LogP contribution in [0, 0.1) is 0 Å². The Labute approximate surface area is 197 Å². The number of carbonyl (C=O) groups excluding carboxylic acids is 3. The van der Waals surface area contributed by atoms with E-state index in [9.17, 15) is 14.4 Å². The maximum atomic E-state index is 13.7. The van der Waals surface area contributed by atoms with Gasteiger partial charge in [-0.2, -0.15) is 0 Å². The van der Waals surface area contributed by atoms with Gasteiger partial charge in [0.05, 0.1) is 0 Å². The van der Waals surface area contributed by atoms with E-state index in [1.165, 1.54) is 28.4 Å². The third-order valence-corrected chi connectivity index (χ3v) is 9.05. The molecule has 1 N–H and O–H groups in total. The Morgan fingerprint density at radius 3 is 2.39 bits per heavy atom. The Balaban J connectivity index is 1.87. The number of likely N-dealkylation sites (tertiary alicyclic amines) is 1. The molecule has 9 nitrogen and oxygen atoms in total. The molecule has 4 rings (SSSR count). The molecule has 1 aliphatic carbocycles. The molecular formula is C23H26N2O7Se. The molecule has 0 spiro atoms. The first kappa shape index (κ1) is 23.5. The summed E-state index contributed by atoms with van der Waals surface area (Å²) in [6, 6.07) is 10.9. The first-order chi connectivity index (χ1) is 15.9. The number of nitrogens with zero attached hydrogens (tertiary/aromatic N) is 1. The van der Waals surface area contributed by atoms with Crippen molar-refractivity contribution in [2.45, 2.75) is 29.0 Å². The van der Waals surface area contributed by atoms with Crippen LogP contribution in [0.4, 0.5) is 4.79 Å². The number of hydrogen-bond donors (Lipinski definition) is 1. The van der Waals surface area contributed by atoms with Crippen LogP contribution in [0.5, 0.6) is 0 Å². The maximum absolute atomic E-state index is 13.7. The molecule has 1 saturated heterocycles. The summed E-state index contributed by atoms with van der Waals surface area (Å²) in [6.07, 6.45) is -0.157. The van der Waals surface area contributed by atoms with Crippen molar-refractivity contribution in [1.82, 2.24) is 9.88 Å². The fraction of sp³-hybridized carbons (Fsp3) is 0.435. The van der Waals surface area contributed by atoms with E-state index in [1.807, 2.05) is 30.3 Å². The van der Waals surface area contributed by atoms with Crippen molar-refractivity contribution in [3.8, 4) is 0 Å². The number of nitrogens with one attached hydrogen (secondary N) is 1. The number of aromatic nitrogens is 1. The van der Waals surface area contributed by atoms with Gasteiger partial charge >= 0.3 is 198 Å². The van der Waals surface area contributed by atoms with Gasteiger partial charge in [-0.15, -0.1) is 0 Å². The minimum absolute atomic E-state index is 0.117. The van der Waals surface area contributed by atoms with Gasteiger partial charge < -0.3 is 0 Å². The molecule has 33 heavy (non-hydrogen) atoms. The first-order valence-corrected chi connectivity index (χ1v) is 12.2. The molecule has 1 aromatic heterocycles. The van der Waals surface area contributed by atoms with E-state index in [4.69, 9.17) is 18.9 Å². The number of ether oxygens (including phenoxy) is 4. The normalized spacial score (nSPS) is 23.5. The number of benzene rings is 1. The molecule has 1 amide bonds. The Kier molecular flexibility index (Phi) is 6.63. The van der Waals surface area contributed by atoms with Gasteiger partial charge in [-0.3, -0.25) is 0 Å². The van der Waals surface area contributed by atoms with Crippen LogP contribution >= 0.6 is 0 Å². The van der Waals surface area contributed by atoms with E-state index in [0.717, 1.165) is 4.46 Å². The number of piperidine rings is 1. The van der Waals surface area contributed by atoms with Crippen LogP contribution in [0.1, 0.15) is 38.9 Å². The van der Waals surface area contributed by atoms with E-state index < -0.39 is 28.7 Å². The molecule has 0 saturated carbocycles. The second kappa shape index (κ2) is 9.30. The van der Waals surface area contributed by atoms with Gasteiger partial charge in [0.15, 0.2) is 0 Å². The number of rotatable bonds is 5. The molecule has 2 aliphatic rings. The molecule has 1 fully saturated rings. The number of aromatic amines is 1. The second-order valence-corrected chi connectivity index (χ2v) is 10.5. The van der Waals surface area contributed by atoms with Crippen molar-refractivity contribution >= 4 is 37.3 Å². The molecule has 0 unspecified atom stereocenters. The monoisotopic (exact) mass is 522 g/mol. The predicted octanol–water partition coefficient (Wildman–Crippen LogP) is 1.73. The zero-order valence-corrected chi connectivity index (χ0v) is 20.5. The summed E-state index contributed by atoms with van der Waals surface area (Å²) in [5.74, 6) is -2.11. The molecule has 1 aromatic carbocycles. The van der Waals surface area contributed by atoms with Crippen LogP contribution in [0.2, 0.25) is 4.82 Å². The molecular weight excluding hydrogens is 495 g/mol. The third-order valence-electron chi connectivity index (χ3n) is 6.34. The standard InChI is InChI=1S/C23H26N2O7Se/c1-29-21(27)16-10-14-15-11-23(31-3,32-4)12-25(22(28)30-2)18(15)20(19(26)17(14)24-16)33-13-8-6-5-7-9-13/h5-10,15,18,20,24H,11-12H2,1-4H3/t15-,18-,20+/m1/s1. The minimum atomic E-state index is -1.08. The van der Waals surface area contributed by atoms with Crippen molar-refractivity contribution < 1.29 is 33.3 Å². The Hall–Kier alpha value is -2.65. The van der Waals surface area contributed by atoms with Crippen molar-refractivity contribution in [2.24, 2.45) is 0 Å². The first-order valence-electron chi connectivity index (χ1n) is 10.4. The fourth-order valence-corrected chi connectivity index (χ4v) is 7.45. The topological polar surface area (TPSA) is 107 Å². The Morgan fingerprint density at radius 2 is 1.79 bits per heavy atom. The summed E-state index contributed by atoms with van der Waals surface area (Å²) >= 11 is -0.290. The summed E-state index contributed by atoms with van der Waals surface area (Å²) in [7, 11) is 5.65. The van der Waals surface area contributed by atoms with E-state index in [-0.39, 0.29) is 38.9 Å². The molecule has 176 valence electrons. The zero-order valence-electron chi connectivity index (χ0n) is 18.8. The second-order valence-electron chi connectivity index (χ2n) is 7.94. The number of ketones is 1. The predicted molar refractivity (Wildman–Crippen MR) is 119 cm³/mol. The van der Waals surface area contributed by atoms with E-state index >= 15 is 0 Å². The van der Waals surface area contributed by atoms with E-state index in [2.05, 4.69) is 4.98 Å². The molecule has 3 atom stereocenters. The van der Waals surface area contributed by atoms with Gasteiger partial charge in [0.1, 0.15) is 0 Å². The molecule has 1 aliphatic heterocycles. The number of fused-ring (bicyclic) bond motifs is 3. The van der Waals surface area contributed by atoms with Gasteiger partial charge in [0, 0.05) is 0 Å². The van der Waals surface area contributed by atoms with Gasteiger partial charge in [-0.25, -0.2) is 0 Å². The SMILES string of the molecule is COC(=O)c1cc2c([nH]1)C(=O)[C@@H]([Se]c1ccccc1)[C@H]1[C@@H]2CC(OC)(OC)CN1C(=O)OC. The number of amides is 1. The summed E-state index contributed by atoms with van der Waals surface area (Å²) in [5, 5.41) is 0. The van der Waals surface area contributed by atoms with Crippen LogP contribution in [0.15, 0.2) is 36.4 Å². The van der Waals surface area contributed by atoms with E-state index in [0.29, 0.717) is 17.7 Å². The molecule has 10 heteroatoms. The average Bonchev–Trinajstić information content (AvgIpc) is 3.31. The number of carbonyl (C=O) groups is 3. The number of H-pyrrole nitrogens is 1. The van der Waals surface area contributed by atoms with E-state index in [1.54, 1.807) is 11.0 Å². The van der Waals surface area contributed by atoms with Crippen LogP contribution in [-0.4, -0.2) is 89.5 Å². The van der Waals surface area contributed by atoms with Crippen LogP contribution < -0.4 is 4.46 Å². The fourth-order valence-electron chi connectivity index (χ4n) is 4.71. The average molecular weight is 521 g/mol. The number of methoxy groups -OCH3 is 4. The third kappa shape index (κ3) is 4.08. The molecule has 2 aromatic rings. The van der Waals surface area contributed by atoms with Gasteiger partial charge in [-0.05, 0) is 0 Å². The van der Waals surface area contributed by atoms with Gasteiger partial charge in [0.25, 0.3) is 0 Å². The van der Waals surface area contributed by atoms with Crippen LogP contribution in [0.3, 0.4) is 0 Å². The summed E-state index contributed by atoms with van der Waals surface area (Å²) in [4.78, 5) is 42.9. The Bertz CT molecular complexity index is 1050. The summed E-state index contributed by atoms with van der Waals surface area (Å²) in [5.41, 5.74) is 1.21. The van der Waals surface area contributed by atoms with Gasteiger partial charge in [0.2, 0.25) is 0 Å².